The Kier molecular flexibility index (Phi) is 12.9. The quantitative estimate of drug-likeness (QED) is 0.158. The van der Waals surface area contributed by atoms with Gasteiger partial charge in [-0.05, 0) is 58.7 Å². The predicted molar refractivity (Wildman–Crippen MR) is 238 cm³/mol. The molecule has 0 radical (unpaired) electrons. The number of allylic oxidation sites excluding steroid dienone is 8. The number of hydrogen-bond donors (Lipinski definition) is 0. The largest absolute Gasteiger partial charge is 0.412 e. The van der Waals surface area contributed by atoms with Crippen LogP contribution in [0.15, 0.2) is 215 Å². The molecule has 0 aromatic heterocycles. The summed E-state index contributed by atoms with van der Waals surface area (Å²) in [5, 5.41) is 5.75. The molecule has 8 rings (SSSR count). The molecule has 2 N–H and O–H groups in total. The molecule has 2 aliphatic carbocycles. The van der Waals surface area contributed by atoms with Crippen molar-refractivity contribution in [3.63, 3.8) is 0 Å². The van der Waals surface area contributed by atoms with Gasteiger partial charge in [-0.25, -0.2) is 0 Å². The first-order chi connectivity index (χ1) is 26.4. The van der Waals surface area contributed by atoms with Gasteiger partial charge in [0.1, 0.15) is 0 Å². The fraction of sp³-hybridized carbons (Fsp3) is 0. The van der Waals surface area contributed by atoms with Crippen LogP contribution in [0.5, 0.6) is 0 Å². The third kappa shape index (κ3) is 8.69. The summed E-state index contributed by atoms with van der Waals surface area (Å²) in [4.78, 5) is 0. The summed E-state index contributed by atoms with van der Waals surface area (Å²) in [6.07, 6.45) is 15.3. The highest BCUT2D eigenvalue weighted by Crippen LogP contribution is 2.55. The Labute approximate surface area is 333 Å². The van der Waals surface area contributed by atoms with Crippen LogP contribution >= 0.6 is 37.5 Å². The Morgan fingerprint density at radius 2 is 0.564 bits per heavy atom. The van der Waals surface area contributed by atoms with Crippen molar-refractivity contribution in [3.05, 3.63) is 237 Å². The maximum atomic E-state index is 14.6. The summed E-state index contributed by atoms with van der Waals surface area (Å²) < 4.78 is 29.2. The van der Waals surface area contributed by atoms with Gasteiger partial charge in [-0.15, -0.1) is 0 Å². The monoisotopic (exact) mass is 794 g/mol. The van der Waals surface area contributed by atoms with Crippen molar-refractivity contribution in [2.75, 3.05) is 0 Å². The molecular weight excluding hydrogens is 757 g/mol. The molecule has 0 fully saturated rings. The van der Waals surface area contributed by atoms with E-state index in [1.54, 1.807) is 0 Å². The van der Waals surface area contributed by atoms with E-state index >= 15 is 0 Å². The molecule has 0 bridgehead atoms. The Hall–Kier alpha value is -5.24. The molecule has 7 heteroatoms. The van der Waals surface area contributed by atoms with Crippen LogP contribution < -0.4 is 21.2 Å². The zero-order valence-corrected chi connectivity index (χ0v) is 33.1. The van der Waals surface area contributed by atoms with E-state index < -0.39 is 14.3 Å². The Bertz CT molecular complexity index is 2290. The fourth-order valence-electron chi connectivity index (χ4n) is 6.52. The van der Waals surface area contributed by atoms with Crippen molar-refractivity contribution in [3.8, 4) is 0 Å². The second-order valence-corrected chi connectivity index (χ2v) is 19.1. The van der Waals surface area contributed by atoms with Crippen LogP contribution in [0.4, 0.5) is 0 Å². The first-order valence-corrected chi connectivity index (χ1v) is 21.7. The number of hydrogen-bond acceptors (Lipinski definition) is 2. The van der Waals surface area contributed by atoms with Gasteiger partial charge < -0.3 is 14.6 Å². The van der Waals surface area contributed by atoms with Gasteiger partial charge in [-0.1, -0.05) is 205 Å². The molecule has 0 aliphatic heterocycles. The summed E-state index contributed by atoms with van der Waals surface area (Å²) in [5.41, 5.74) is 4.15. The lowest BCUT2D eigenvalue weighted by molar-refractivity contribution is 0.590. The van der Waals surface area contributed by atoms with Crippen LogP contribution in [0.1, 0.15) is 22.3 Å². The zero-order chi connectivity index (χ0) is 37.4. The van der Waals surface area contributed by atoms with Gasteiger partial charge in [0.15, 0.2) is 14.3 Å². The lowest BCUT2D eigenvalue weighted by atomic mass is 10.1. The molecule has 272 valence electrons. The minimum Gasteiger partial charge on any atom is -0.412 e. The van der Waals surface area contributed by atoms with Crippen molar-refractivity contribution in [1.29, 1.82) is 0 Å². The van der Waals surface area contributed by atoms with Gasteiger partial charge in [0, 0.05) is 41.9 Å². The maximum absolute atomic E-state index is 14.6. The van der Waals surface area contributed by atoms with E-state index in [1.807, 2.05) is 218 Å². The van der Waals surface area contributed by atoms with Gasteiger partial charge in [0.2, 0.25) is 0 Å². The van der Waals surface area contributed by atoms with Gasteiger partial charge in [0.05, 0.1) is 0 Å². The minimum atomic E-state index is -3.07. The third-order valence-corrected chi connectivity index (χ3v) is 15.8. The molecule has 0 saturated carbocycles. The molecule has 0 saturated heterocycles. The van der Waals surface area contributed by atoms with Crippen molar-refractivity contribution in [1.82, 2.24) is 0 Å². The predicted octanol–water partition coefficient (Wildman–Crippen LogP) is 11.6. The fourth-order valence-corrected chi connectivity index (χ4v) is 12.5. The van der Waals surface area contributed by atoms with Crippen molar-refractivity contribution < 1.29 is 14.6 Å². The first kappa shape index (κ1) is 39.5. The highest BCUT2D eigenvalue weighted by Gasteiger charge is 2.32. The number of halogens is 2. The Balaban J connectivity index is 0.000000184. The van der Waals surface area contributed by atoms with E-state index in [4.69, 9.17) is 23.2 Å². The Morgan fingerprint density at radius 3 is 0.855 bits per heavy atom. The van der Waals surface area contributed by atoms with E-state index in [0.29, 0.717) is 10.1 Å². The topological polar surface area (TPSA) is 65.6 Å². The molecule has 0 spiro atoms. The van der Waals surface area contributed by atoms with Gasteiger partial charge >= 0.3 is 0 Å². The van der Waals surface area contributed by atoms with Gasteiger partial charge in [0.25, 0.3) is 0 Å². The molecule has 6 aromatic carbocycles. The van der Waals surface area contributed by atoms with E-state index in [-0.39, 0.29) is 5.48 Å². The molecule has 3 nitrogen and oxygen atoms in total. The van der Waals surface area contributed by atoms with Crippen LogP contribution in [-0.2, 0) is 9.13 Å². The second kappa shape index (κ2) is 17.9. The summed E-state index contributed by atoms with van der Waals surface area (Å²) in [6.45, 7) is 0. The highest BCUT2D eigenvalue weighted by atomic mass is 35.5. The molecule has 0 amide bonds. The van der Waals surface area contributed by atoms with Crippen LogP contribution in [0.2, 0.25) is 0 Å². The normalized spacial score (nSPS) is 13.6. The summed E-state index contributed by atoms with van der Waals surface area (Å²) in [6, 6.07) is 54.7. The van der Waals surface area contributed by atoms with E-state index in [0.717, 1.165) is 54.1 Å². The summed E-state index contributed by atoms with van der Waals surface area (Å²) >= 11 is 12.9. The van der Waals surface area contributed by atoms with Gasteiger partial charge in [-0.2, -0.15) is 0 Å². The smallest absolute Gasteiger partial charge is 0.171 e. The van der Waals surface area contributed by atoms with Crippen LogP contribution in [0, 0.1) is 0 Å². The summed E-state index contributed by atoms with van der Waals surface area (Å²) in [7, 11) is -6.15. The second-order valence-electron chi connectivity index (χ2n) is 12.7. The standard InChI is InChI=1S/2C24H18ClOP.H2O/c2*25-21-16-15-19-9-7-8-10-20(19)17-24(18-21)27(26,22-11-3-1-4-12-22)23-13-5-2-6-14-23;/h2*1-18H;1H2. The van der Waals surface area contributed by atoms with Crippen LogP contribution in [-0.4, -0.2) is 5.48 Å². The lowest BCUT2D eigenvalue weighted by Crippen LogP contribution is -2.17. The zero-order valence-electron chi connectivity index (χ0n) is 29.8. The molecule has 6 aromatic rings. The first-order valence-electron chi connectivity index (χ1n) is 17.5. The SMILES string of the molecule is O.O=P(C1=Cc2ccccc2C=CC(Cl)=C1)(c1ccccc1)c1ccccc1.O=P(C1=Cc2ccccc2C=CC(Cl)=C1)(c1ccccc1)c1ccccc1. The molecule has 55 heavy (non-hydrogen) atoms. The maximum Gasteiger partial charge on any atom is 0.171 e. The number of benzene rings is 6. The number of rotatable bonds is 6. The lowest BCUT2D eigenvalue weighted by Gasteiger charge is -2.22. The van der Waals surface area contributed by atoms with E-state index in [2.05, 4.69) is 0 Å². The minimum absolute atomic E-state index is 0. The molecular formula is C48H38Cl2O3P2. The van der Waals surface area contributed by atoms with E-state index in [1.165, 1.54) is 0 Å². The number of fused-ring (bicyclic) bond motifs is 2. The van der Waals surface area contributed by atoms with E-state index in [9.17, 15) is 9.13 Å². The third-order valence-electron chi connectivity index (χ3n) is 9.22. The van der Waals surface area contributed by atoms with Crippen molar-refractivity contribution >= 4 is 83.0 Å². The van der Waals surface area contributed by atoms with Crippen molar-refractivity contribution in [2.45, 2.75) is 0 Å². The molecule has 0 unspecified atom stereocenters. The van der Waals surface area contributed by atoms with Crippen LogP contribution in [0.3, 0.4) is 0 Å². The molecule has 2 aliphatic rings. The highest BCUT2D eigenvalue weighted by molar-refractivity contribution is 7.83. The van der Waals surface area contributed by atoms with Crippen molar-refractivity contribution in [2.24, 2.45) is 0 Å². The van der Waals surface area contributed by atoms with Gasteiger partial charge in [-0.3, -0.25) is 0 Å². The Morgan fingerprint density at radius 1 is 0.309 bits per heavy atom. The molecule has 0 atom stereocenters. The average Bonchev–Trinajstić information content (AvgIpc) is 3.22. The molecule has 0 heterocycles. The van der Waals surface area contributed by atoms with Crippen LogP contribution in [0.25, 0.3) is 24.3 Å². The summed E-state index contributed by atoms with van der Waals surface area (Å²) in [5.74, 6) is 0. The average molecular weight is 796 g/mol.